The zero-order valence-electron chi connectivity index (χ0n) is 11.2. The normalized spacial score (nSPS) is 21.8. The summed E-state index contributed by atoms with van der Waals surface area (Å²) < 4.78 is 5.01. The molecular weight excluding hydrogens is 256 g/mol. The van der Waals surface area contributed by atoms with Crippen LogP contribution >= 0.6 is 0 Å². The van der Waals surface area contributed by atoms with Crippen LogP contribution in [-0.4, -0.2) is 96.5 Å². The van der Waals surface area contributed by atoms with E-state index in [1.54, 1.807) is 7.05 Å². The lowest BCUT2D eigenvalue weighted by Gasteiger charge is -2.25. The molecule has 1 rings (SSSR count). The quantitative estimate of drug-likeness (QED) is 0.264. The van der Waals surface area contributed by atoms with Crippen molar-refractivity contribution in [1.82, 2.24) is 10.6 Å². The van der Waals surface area contributed by atoms with Crippen LogP contribution in [-0.2, 0) is 4.74 Å². The molecule has 1 saturated heterocycles. The Morgan fingerprint density at radius 1 is 1.05 bits per heavy atom. The van der Waals surface area contributed by atoms with E-state index < -0.39 is 31.0 Å². The Bertz CT molecular complexity index is 194. The minimum absolute atomic E-state index is 0.0936. The Kier molecular flexibility index (Phi) is 11.3. The van der Waals surface area contributed by atoms with Gasteiger partial charge in [-0.05, 0) is 7.05 Å². The van der Waals surface area contributed by atoms with Crippen LogP contribution in [0.5, 0.6) is 0 Å². The number of rotatable bonds is 6. The Labute approximate surface area is 113 Å². The van der Waals surface area contributed by atoms with Crippen LogP contribution in [0.15, 0.2) is 0 Å². The van der Waals surface area contributed by atoms with Gasteiger partial charge >= 0.3 is 0 Å². The molecule has 0 radical (unpaired) electrons. The van der Waals surface area contributed by atoms with Crippen LogP contribution in [0.3, 0.4) is 0 Å². The highest BCUT2D eigenvalue weighted by Gasteiger charge is 2.29. The van der Waals surface area contributed by atoms with E-state index in [0.29, 0.717) is 0 Å². The first-order chi connectivity index (χ1) is 9.04. The number of morpholine rings is 1. The zero-order chi connectivity index (χ0) is 14.7. The fourth-order valence-electron chi connectivity index (χ4n) is 1.41. The predicted molar refractivity (Wildman–Crippen MR) is 68.7 cm³/mol. The average molecular weight is 282 g/mol. The Hall–Kier alpha value is -0.320. The third-order valence-corrected chi connectivity index (χ3v) is 2.59. The lowest BCUT2D eigenvalue weighted by atomic mass is 10.0. The van der Waals surface area contributed by atoms with E-state index in [9.17, 15) is 5.11 Å². The van der Waals surface area contributed by atoms with Crippen LogP contribution in [0.4, 0.5) is 0 Å². The highest BCUT2D eigenvalue weighted by molar-refractivity contribution is 4.81. The van der Waals surface area contributed by atoms with Gasteiger partial charge in [0.2, 0.25) is 0 Å². The third kappa shape index (κ3) is 8.45. The molecule has 0 aromatic carbocycles. The molecule has 1 aliphatic rings. The molecular formula is C11H26N2O6. The number of aliphatic hydroxyl groups excluding tert-OH is 5. The van der Waals surface area contributed by atoms with E-state index in [4.69, 9.17) is 25.2 Å². The maximum Gasteiger partial charge on any atom is 0.111 e. The molecule has 0 aliphatic carbocycles. The number of likely N-dealkylation sites (N-methyl/N-ethyl adjacent to an activating group) is 1. The molecule has 0 saturated carbocycles. The summed E-state index contributed by atoms with van der Waals surface area (Å²) in [5, 5.41) is 50.6. The summed E-state index contributed by atoms with van der Waals surface area (Å²) >= 11 is 0. The number of nitrogens with one attached hydrogen (secondary N) is 2. The van der Waals surface area contributed by atoms with Crippen LogP contribution in [0.25, 0.3) is 0 Å². The molecule has 8 nitrogen and oxygen atoms in total. The molecule has 0 amide bonds. The summed E-state index contributed by atoms with van der Waals surface area (Å²) in [6, 6.07) is 0. The molecule has 0 aromatic rings. The van der Waals surface area contributed by atoms with Crippen molar-refractivity contribution in [2.75, 3.05) is 46.5 Å². The van der Waals surface area contributed by atoms with Gasteiger partial charge in [0.1, 0.15) is 18.3 Å². The standard InChI is InChI=1S/C7H17NO5.C4H9NO/c1-8-2-4(10)6(12)7(13)5(11)3-9;1-3-6-4-2-5-1/h4-13H,2-3H2,1H3;5H,1-4H2/t4-,5+,6+,7+;/m0./s1. The highest BCUT2D eigenvalue weighted by Crippen LogP contribution is 2.04. The summed E-state index contributed by atoms with van der Waals surface area (Å²) in [6.45, 7) is 3.26. The van der Waals surface area contributed by atoms with E-state index in [1.807, 2.05) is 0 Å². The summed E-state index contributed by atoms with van der Waals surface area (Å²) in [7, 11) is 1.57. The molecule has 0 unspecified atom stereocenters. The summed E-state index contributed by atoms with van der Waals surface area (Å²) in [6.07, 6.45) is -5.65. The largest absolute Gasteiger partial charge is 0.394 e. The van der Waals surface area contributed by atoms with E-state index in [2.05, 4.69) is 10.6 Å². The van der Waals surface area contributed by atoms with Crippen molar-refractivity contribution in [2.45, 2.75) is 24.4 Å². The third-order valence-electron chi connectivity index (χ3n) is 2.59. The molecule has 1 fully saturated rings. The first kappa shape index (κ1) is 18.7. The molecule has 7 N–H and O–H groups in total. The number of aliphatic hydroxyl groups is 5. The fraction of sp³-hybridized carbons (Fsp3) is 1.00. The van der Waals surface area contributed by atoms with Crippen LogP contribution < -0.4 is 10.6 Å². The number of ether oxygens (including phenoxy) is 1. The zero-order valence-corrected chi connectivity index (χ0v) is 11.2. The topological polar surface area (TPSA) is 134 Å². The number of hydrogen-bond donors (Lipinski definition) is 7. The maximum atomic E-state index is 9.21. The first-order valence-electron chi connectivity index (χ1n) is 6.30. The number of hydrogen-bond acceptors (Lipinski definition) is 8. The SMILES string of the molecule is C1COCCN1.CNC[C@H](O)[C@@H](O)[C@H](O)[C@H](O)CO. The minimum atomic E-state index is -1.55. The molecule has 116 valence electrons. The van der Waals surface area contributed by atoms with Gasteiger partial charge in [-0.25, -0.2) is 0 Å². The molecule has 19 heavy (non-hydrogen) atoms. The smallest absolute Gasteiger partial charge is 0.111 e. The highest BCUT2D eigenvalue weighted by atomic mass is 16.5. The average Bonchev–Trinajstić information content (AvgIpc) is 2.47. The Morgan fingerprint density at radius 3 is 1.89 bits per heavy atom. The van der Waals surface area contributed by atoms with Gasteiger partial charge in [0.05, 0.1) is 25.9 Å². The predicted octanol–water partition coefficient (Wildman–Crippen LogP) is -3.75. The van der Waals surface area contributed by atoms with Gasteiger partial charge in [0, 0.05) is 19.6 Å². The van der Waals surface area contributed by atoms with Crippen molar-refractivity contribution in [1.29, 1.82) is 0 Å². The van der Waals surface area contributed by atoms with Crippen molar-refractivity contribution in [3.63, 3.8) is 0 Å². The van der Waals surface area contributed by atoms with Crippen LogP contribution in [0.2, 0.25) is 0 Å². The van der Waals surface area contributed by atoms with Crippen molar-refractivity contribution >= 4 is 0 Å². The van der Waals surface area contributed by atoms with Gasteiger partial charge in [-0.15, -0.1) is 0 Å². The van der Waals surface area contributed by atoms with Gasteiger partial charge < -0.3 is 40.9 Å². The van der Waals surface area contributed by atoms with E-state index in [1.165, 1.54) is 0 Å². The lowest BCUT2D eigenvalue weighted by molar-refractivity contribution is -0.113. The van der Waals surface area contributed by atoms with Gasteiger partial charge in [-0.1, -0.05) is 0 Å². The van der Waals surface area contributed by atoms with Gasteiger partial charge in [0.25, 0.3) is 0 Å². The lowest BCUT2D eigenvalue weighted by Crippen LogP contribution is -2.48. The van der Waals surface area contributed by atoms with Crippen molar-refractivity contribution in [3.8, 4) is 0 Å². The maximum absolute atomic E-state index is 9.21. The van der Waals surface area contributed by atoms with Crippen molar-refractivity contribution < 1.29 is 30.3 Å². The molecule has 1 aliphatic heterocycles. The molecule has 0 bridgehead atoms. The summed E-state index contributed by atoms with van der Waals surface area (Å²) in [4.78, 5) is 0. The van der Waals surface area contributed by atoms with Gasteiger partial charge in [-0.2, -0.15) is 0 Å². The fourth-order valence-corrected chi connectivity index (χ4v) is 1.41. The molecule has 0 aromatic heterocycles. The summed E-state index contributed by atoms with van der Waals surface area (Å²) in [5.74, 6) is 0. The Morgan fingerprint density at radius 2 is 1.58 bits per heavy atom. The van der Waals surface area contributed by atoms with E-state index in [0.717, 1.165) is 26.3 Å². The first-order valence-corrected chi connectivity index (χ1v) is 6.30. The van der Waals surface area contributed by atoms with Gasteiger partial charge in [0.15, 0.2) is 0 Å². The molecule has 8 heteroatoms. The van der Waals surface area contributed by atoms with Crippen LogP contribution in [0, 0.1) is 0 Å². The second-order valence-electron chi connectivity index (χ2n) is 4.22. The van der Waals surface area contributed by atoms with Crippen molar-refractivity contribution in [2.24, 2.45) is 0 Å². The van der Waals surface area contributed by atoms with Crippen LogP contribution in [0.1, 0.15) is 0 Å². The molecule has 1 heterocycles. The second kappa shape index (κ2) is 11.5. The Balaban J connectivity index is 0.000000443. The van der Waals surface area contributed by atoms with Gasteiger partial charge in [-0.3, -0.25) is 0 Å². The summed E-state index contributed by atoms with van der Waals surface area (Å²) in [5.41, 5.74) is 0. The monoisotopic (exact) mass is 282 g/mol. The molecule has 0 spiro atoms. The second-order valence-corrected chi connectivity index (χ2v) is 4.22. The van der Waals surface area contributed by atoms with E-state index >= 15 is 0 Å². The van der Waals surface area contributed by atoms with E-state index in [-0.39, 0.29) is 6.54 Å². The minimum Gasteiger partial charge on any atom is -0.394 e. The molecule has 4 atom stereocenters. The van der Waals surface area contributed by atoms with Crippen molar-refractivity contribution in [3.05, 3.63) is 0 Å².